The fourth-order valence-corrected chi connectivity index (χ4v) is 3.87. The van der Waals surface area contributed by atoms with Crippen LogP contribution in [0.2, 0.25) is 0 Å². The Morgan fingerprint density at radius 3 is 2.77 bits per heavy atom. The lowest BCUT2D eigenvalue weighted by atomic mass is 9.99. The van der Waals surface area contributed by atoms with Gasteiger partial charge in [-0.1, -0.05) is 30.7 Å². The number of thiophene rings is 1. The summed E-state index contributed by atoms with van der Waals surface area (Å²) in [6.07, 6.45) is 2.31. The first-order valence-corrected chi connectivity index (χ1v) is 9.62. The highest BCUT2D eigenvalue weighted by Crippen LogP contribution is 2.32. The minimum atomic E-state index is -0.175. The first kappa shape index (κ1) is 18.3. The van der Waals surface area contributed by atoms with Crippen LogP contribution in [0.5, 0.6) is 0 Å². The van der Waals surface area contributed by atoms with Gasteiger partial charge in [-0.25, -0.2) is 4.98 Å². The zero-order chi connectivity index (χ0) is 18.8. The first-order valence-electron chi connectivity index (χ1n) is 8.74. The number of nitrogens with zero attached hydrogens (tertiary/aromatic N) is 2. The Morgan fingerprint density at radius 1 is 1.31 bits per heavy atom. The lowest BCUT2D eigenvalue weighted by Crippen LogP contribution is -2.37. The number of amides is 1. The van der Waals surface area contributed by atoms with Crippen molar-refractivity contribution < 1.29 is 4.79 Å². The van der Waals surface area contributed by atoms with Crippen molar-refractivity contribution in [1.29, 1.82) is 0 Å². The highest BCUT2D eigenvalue weighted by molar-refractivity contribution is 7.17. The molecule has 2 aromatic heterocycles. The largest absolute Gasteiger partial charge is 0.352 e. The lowest BCUT2D eigenvalue weighted by molar-refractivity contribution is -0.122. The van der Waals surface area contributed by atoms with Gasteiger partial charge in [-0.15, -0.1) is 11.3 Å². The molecule has 6 heteroatoms. The number of aryl methyl sites for hydroxylation is 2. The Bertz CT molecular complexity index is 1020. The molecule has 3 rings (SSSR count). The topological polar surface area (TPSA) is 64.0 Å². The Hall–Kier alpha value is -2.47. The third-order valence-electron chi connectivity index (χ3n) is 4.57. The number of fused-ring (bicyclic) bond motifs is 1. The summed E-state index contributed by atoms with van der Waals surface area (Å²) in [7, 11) is 0. The zero-order valence-corrected chi connectivity index (χ0v) is 16.3. The van der Waals surface area contributed by atoms with Crippen LogP contribution in [0.1, 0.15) is 31.4 Å². The van der Waals surface area contributed by atoms with E-state index in [1.807, 2.05) is 45.2 Å². The second-order valence-corrected chi connectivity index (χ2v) is 7.56. The Morgan fingerprint density at radius 2 is 2.08 bits per heavy atom. The number of rotatable bonds is 5. The number of carbonyl (C=O) groups is 1. The summed E-state index contributed by atoms with van der Waals surface area (Å²) < 4.78 is 1.39. The van der Waals surface area contributed by atoms with E-state index in [4.69, 9.17) is 0 Å². The molecule has 1 atom stereocenters. The fraction of sp³-hybridized carbons (Fsp3) is 0.350. The van der Waals surface area contributed by atoms with E-state index < -0.39 is 0 Å². The van der Waals surface area contributed by atoms with E-state index in [9.17, 15) is 9.59 Å². The number of nitrogens with one attached hydrogen (secondary N) is 1. The van der Waals surface area contributed by atoms with Gasteiger partial charge in [0.2, 0.25) is 5.91 Å². The molecule has 0 fully saturated rings. The predicted molar refractivity (Wildman–Crippen MR) is 107 cm³/mol. The third kappa shape index (κ3) is 3.55. The van der Waals surface area contributed by atoms with Gasteiger partial charge >= 0.3 is 0 Å². The van der Waals surface area contributed by atoms with Crippen LogP contribution in [0.25, 0.3) is 21.3 Å². The predicted octanol–water partition coefficient (Wildman–Crippen LogP) is 3.66. The van der Waals surface area contributed by atoms with Crippen LogP contribution in [0.4, 0.5) is 0 Å². The van der Waals surface area contributed by atoms with Crippen molar-refractivity contribution in [2.45, 2.75) is 46.7 Å². The molecule has 0 bridgehead atoms. The van der Waals surface area contributed by atoms with Crippen molar-refractivity contribution in [2.24, 2.45) is 0 Å². The summed E-state index contributed by atoms with van der Waals surface area (Å²) in [6, 6.07) is 6.27. The van der Waals surface area contributed by atoms with Crippen LogP contribution < -0.4 is 10.9 Å². The summed E-state index contributed by atoms with van der Waals surface area (Å²) >= 11 is 1.45. The highest BCUT2D eigenvalue weighted by Gasteiger charge is 2.16. The van der Waals surface area contributed by atoms with Gasteiger partial charge in [0, 0.05) is 17.0 Å². The normalized spacial score (nSPS) is 12.3. The van der Waals surface area contributed by atoms with Crippen molar-refractivity contribution in [3.05, 3.63) is 51.4 Å². The molecule has 5 nitrogen and oxygen atoms in total. The smallest absolute Gasteiger partial charge is 0.263 e. The molecule has 0 saturated carbocycles. The summed E-state index contributed by atoms with van der Waals surface area (Å²) in [5.74, 6) is -0.175. The molecule has 0 radical (unpaired) electrons. The Labute approximate surface area is 156 Å². The van der Waals surface area contributed by atoms with Crippen molar-refractivity contribution in [3.63, 3.8) is 0 Å². The maximum absolute atomic E-state index is 13.0. The van der Waals surface area contributed by atoms with Gasteiger partial charge in [0.05, 0.1) is 11.7 Å². The molecule has 0 saturated heterocycles. The molecule has 2 heterocycles. The lowest BCUT2D eigenvalue weighted by Gasteiger charge is -2.12. The van der Waals surface area contributed by atoms with Gasteiger partial charge in [-0.05, 0) is 38.3 Å². The SMILES string of the molecule is CCC(C)NC(=O)Cn1cnc2scc(-c3ccc(C)cc3C)c2c1=O. The summed E-state index contributed by atoms with van der Waals surface area (Å²) in [6.45, 7) is 8.02. The van der Waals surface area contributed by atoms with E-state index in [0.29, 0.717) is 10.2 Å². The van der Waals surface area contributed by atoms with E-state index in [0.717, 1.165) is 23.1 Å². The molecule has 1 amide bonds. The molecule has 1 unspecified atom stereocenters. The fourth-order valence-electron chi connectivity index (χ4n) is 2.97. The van der Waals surface area contributed by atoms with Crippen molar-refractivity contribution >= 4 is 27.5 Å². The monoisotopic (exact) mass is 369 g/mol. The van der Waals surface area contributed by atoms with Crippen molar-refractivity contribution in [3.8, 4) is 11.1 Å². The summed E-state index contributed by atoms with van der Waals surface area (Å²) in [5.41, 5.74) is 4.04. The van der Waals surface area contributed by atoms with E-state index in [-0.39, 0.29) is 24.1 Å². The Kier molecular flexibility index (Phi) is 5.23. The minimum Gasteiger partial charge on any atom is -0.352 e. The number of hydrogen-bond donors (Lipinski definition) is 1. The standard InChI is InChI=1S/C20H23N3O2S/c1-5-14(4)22-17(24)9-23-11-21-19-18(20(23)25)16(10-26-19)15-7-6-12(2)8-13(15)3/h6-8,10-11,14H,5,9H2,1-4H3,(H,22,24). The van der Waals surface area contributed by atoms with Crippen LogP contribution in [0, 0.1) is 13.8 Å². The molecule has 1 aromatic carbocycles. The molecule has 0 aliphatic heterocycles. The van der Waals surface area contributed by atoms with Crippen LogP contribution in [0.15, 0.2) is 34.7 Å². The quantitative estimate of drug-likeness (QED) is 0.746. The molecule has 26 heavy (non-hydrogen) atoms. The van der Waals surface area contributed by atoms with E-state index in [1.165, 1.54) is 27.8 Å². The van der Waals surface area contributed by atoms with Gasteiger partial charge in [0.25, 0.3) is 5.56 Å². The van der Waals surface area contributed by atoms with Gasteiger partial charge in [-0.3, -0.25) is 14.2 Å². The highest BCUT2D eigenvalue weighted by atomic mass is 32.1. The number of carbonyl (C=O) groups excluding carboxylic acids is 1. The van der Waals surface area contributed by atoms with Crippen LogP contribution >= 0.6 is 11.3 Å². The first-order chi connectivity index (χ1) is 12.4. The van der Waals surface area contributed by atoms with Crippen LogP contribution in [-0.4, -0.2) is 21.5 Å². The molecule has 136 valence electrons. The molecular weight excluding hydrogens is 346 g/mol. The minimum absolute atomic E-state index is 0.0196. The maximum Gasteiger partial charge on any atom is 0.263 e. The van der Waals surface area contributed by atoms with Crippen molar-refractivity contribution in [2.75, 3.05) is 0 Å². The number of benzene rings is 1. The van der Waals surface area contributed by atoms with Gasteiger partial charge < -0.3 is 5.32 Å². The van der Waals surface area contributed by atoms with Gasteiger partial charge in [0.1, 0.15) is 11.4 Å². The maximum atomic E-state index is 13.0. The van der Waals surface area contributed by atoms with Crippen LogP contribution in [0.3, 0.4) is 0 Å². The average Bonchev–Trinajstić information content (AvgIpc) is 3.02. The van der Waals surface area contributed by atoms with Gasteiger partial charge in [0.15, 0.2) is 0 Å². The third-order valence-corrected chi connectivity index (χ3v) is 5.45. The zero-order valence-electron chi connectivity index (χ0n) is 15.5. The molecule has 3 aromatic rings. The molecule has 1 N–H and O–H groups in total. The number of hydrogen-bond acceptors (Lipinski definition) is 4. The average molecular weight is 369 g/mol. The Balaban J connectivity index is 2.03. The molecular formula is C20H23N3O2S. The van der Waals surface area contributed by atoms with Crippen LogP contribution in [-0.2, 0) is 11.3 Å². The van der Waals surface area contributed by atoms with Crippen molar-refractivity contribution in [1.82, 2.24) is 14.9 Å². The van der Waals surface area contributed by atoms with E-state index in [1.54, 1.807) is 0 Å². The summed E-state index contributed by atoms with van der Waals surface area (Å²) in [5, 5.41) is 5.44. The molecule has 0 aliphatic carbocycles. The second kappa shape index (κ2) is 7.41. The van der Waals surface area contributed by atoms with E-state index >= 15 is 0 Å². The van der Waals surface area contributed by atoms with Gasteiger partial charge in [-0.2, -0.15) is 0 Å². The molecule has 0 aliphatic rings. The van der Waals surface area contributed by atoms with E-state index in [2.05, 4.69) is 16.4 Å². The number of aromatic nitrogens is 2. The second-order valence-electron chi connectivity index (χ2n) is 6.70. The summed E-state index contributed by atoms with van der Waals surface area (Å²) in [4.78, 5) is 30.2. The molecule has 0 spiro atoms.